The SMILES string of the molecule is O=C(CC1CCOc2ccccc21)N1CCNCC1c1cccnc1. The minimum atomic E-state index is 0.0602. The number of nitrogens with zero attached hydrogens (tertiary/aromatic N) is 2. The minimum absolute atomic E-state index is 0.0602. The molecule has 0 radical (unpaired) electrons. The quantitative estimate of drug-likeness (QED) is 0.935. The summed E-state index contributed by atoms with van der Waals surface area (Å²) in [4.78, 5) is 19.3. The Kier molecular flexibility index (Phi) is 4.65. The smallest absolute Gasteiger partial charge is 0.223 e. The molecular formula is C20H23N3O2. The largest absolute Gasteiger partial charge is 0.493 e. The normalized spacial score (nSPS) is 22.8. The zero-order valence-electron chi connectivity index (χ0n) is 14.2. The van der Waals surface area contributed by atoms with Gasteiger partial charge in [0.25, 0.3) is 0 Å². The molecular weight excluding hydrogens is 314 g/mol. The first-order valence-electron chi connectivity index (χ1n) is 8.95. The molecule has 2 aromatic rings. The van der Waals surface area contributed by atoms with Crippen LogP contribution >= 0.6 is 0 Å². The molecule has 2 aliphatic heterocycles. The van der Waals surface area contributed by atoms with E-state index in [1.54, 1.807) is 6.20 Å². The van der Waals surface area contributed by atoms with Crippen LogP contribution in [-0.2, 0) is 4.79 Å². The maximum absolute atomic E-state index is 13.1. The Balaban J connectivity index is 1.52. The van der Waals surface area contributed by atoms with E-state index in [2.05, 4.69) is 22.4 Å². The summed E-state index contributed by atoms with van der Waals surface area (Å²) in [7, 11) is 0. The second kappa shape index (κ2) is 7.23. The highest BCUT2D eigenvalue weighted by Crippen LogP contribution is 2.36. The third-order valence-electron chi connectivity index (χ3n) is 5.14. The van der Waals surface area contributed by atoms with Crippen LogP contribution in [0.4, 0.5) is 0 Å². The molecule has 130 valence electrons. The Labute approximate surface area is 148 Å². The Morgan fingerprint density at radius 1 is 1.28 bits per heavy atom. The molecule has 25 heavy (non-hydrogen) atoms. The predicted octanol–water partition coefficient (Wildman–Crippen LogP) is 2.51. The van der Waals surface area contributed by atoms with Crippen molar-refractivity contribution >= 4 is 5.91 Å². The Morgan fingerprint density at radius 2 is 2.20 bits per heavy atom. The first-order valence-corrected chi connectivity index (χ1v) is 8.95. The van der Waals surface area contributed by atoms with Gasteiger partial charge in [-0.15, -0.1) is 0 Å². The number of hydrogen-bond donors (Lipinski definition) is 1. The van der Waals surface area contributed by atoms with Gasteiger partial charge >= 0.3 is 0 Å². The average molecular weight is 337 g/mol. The molecule has 2 atom stereocenters. The van der Waals surface area contributed by atoms with Gasteiger partial charge < -0.3 is 15.0 Å². The van der Waals surface area contributed by atoms with Gasteiger partial charge in [0.1, 0.15) is 5.75 Å². The Hall–Kier alpha value is -2.40. The number of nitrogens with one attached hydrogen (secondary N) is 1. The summed E-state index contributed by atoms with van der Waals surface area (Å²) in [5.74, 6) is 1.38. The molecule has 0 spiro atoms. The molecule has 1 fully saturated rings. The number of hydrogen-bond acceptors (Lipinski definition) is 4. The molecule has 4 rings (SSSR count). The van der Waals surface area contributed by atoms with E-state index in [0.29, 0.717) is 13.0 Å². The molecule has 0 aliphatic carbocycles. The molecule has 2 unspecified atom stereocenters. The van der Waals surface area contributed by atoms with E-state index in [1.807, 2.05) is 35.4 Å². The number of aromatic nitrogens is 1. The van der Waals surface area contributed by atoms with E-state index >= 15 is 0 Å². The minimum Gasteiger partial charge on any atom is -0.493 e. The summed E-state index contributed by atoms with van der Waals surface area (Å²) in [6.07, 6.45) is 5.07. The first-order chi connectivity index (χ1) is 12.3. The fourth-order valence-electron chi connectivity index (χ4n) is 3.83. The number of benzene rings is 1. The molecule has 5 heteroatoms. The molecule has 3 heterocycles. The van der Waals surface area contributed by atoms with Crippen LogP contribution in [-0.4, -0.2) is 42.0 Å². The summed E-state index contributed by atoms with van der Waals surface area (Å²) in [6.45, 7) is 3.04. The van der Waals surface area contributed by atoms with Crippen LogP contribution in [0.15, 0.2) is 48.8 Å². The van der Waals surface area contributed by atoms with Crippen molar-refractivity contribution in [2.24, 2.45) is 0 Å². The lowest BCUT2D eigenvalue weighted by Crippen LogP contribution is -2.49. The van der Waals surface area contributed by atoms with E-state index in [-0.39, 0.29) is 17.9 Å². The number of fused-ring (bicyclic) bond motifs is 1. The topological polar surface area (TPSA) is 54.5 Å². The lowest BCUT2D eigenvalue weighted by molar-refractivity contribution is -0.135. The second-order valence-electron chi connectivity index (χ2n) is 6.67. The van der Waals surface area contributed by atoms with Crippen LogP contribution in [0.3, 0.4) is 0 Å². The van der Waals surface area contributed by atoms with Crippen molar-refractivity contribution < 1.29 is 9.53 Å². The Morgan fingerprint density at radius 3 is 3.08 bits per heavy atom. The summed E-state index contributed by atoms with van der Waals surface area (Å²) in [5.41, 5.74) is 2.26. The van der Waals surface area contributed by atoms with E-state index in [4.69, 9.17) is 4.74 Å². The van der Waals surface area contributed by atoms with Gasteiger partial charge in [-0.1, -0.05) is 24.3 Å². The third kappa shape index (κ3) is 3.37. The molecule has 0 saturated carbocycles. The fraction of sp³-hybridized carbons (Fsp3) is 0.400. The highest BCUT2D eigenvalue weighted by atomic mass is 16.5. The highest BCUT2D eigenvalue weighted by molar-refractivity contribution is 5.78. The zero-order chi connectivity index (χ0) is 17.1. The van der Waals surface area contributed by atoms with Gasteiger partial charge in [0.2, 0.25) is 5.91 Å². The first kappa shape index (κ1) is 16.1. The predicted molar refractivity (Wildman–Crippen MR) is 95.5 cm³/mol. The van der Waals surface area contributed by atoms with Crippen LogP contribution in [0.2, 0.25) is 0 Å². The molecule has 1 N–H and O–H groups in total. The van der Waals surface area contributed by atoms with Crippen LogP contribution in [0.1, 0.15) is 35.9 Å². The molecule has 5 nitrogen and oxygen atoms in total. The number of piperazine rings is 1. The molecule has 1 aromatic heterocycles. The lowest BCUT2D eigenvalue weighted by atomic mass is 9.89. The number of carbonyl (C=O) groups excluding carboxylic acids is 1. The van der Waals surface area contributed by atoms with Gasteiger partial charge in [-0.25, -0.2) is 0 Å². The summed E-state index contributed by atoms with van der Waals surface area (Å²) in [6, 6.07) is 12.1. The van der Waals surface area contributed by atoms with Crippen molar-refractivity contribution in [3.63, 3.8) is 0 Å². The van der Waals surface area contributed by atoms with Gasteiger partial charge in [-0.2, -0.15) is 0 Å². The van der Waals surface area contributed by atoms with Gasteiger partial charge in [-0.3, -0.25) is 9.78 Å². The maximum Gasteiger partial charge on any atom is 0.223 e. The van der Waals surface area contributed by atoms with Crippen LogP contribution < -0.4 is 10.1 Å². The number of rotatable bonds is 3. The third-order valence-corrected chi connectivity index (χ3v) is 5.14. The number of amides is 1. The number of ether oxygens (including phenoxy) is 1. The highest BCUT2D eigenvalue weighted by Gasteiger charge is 2.31. The van der Waals surface area contributed by atoms with Crippen molar-refractivity contribution in [3.05, 3.63) is 59.9 Å². The van der Waals surface area contributed by atoms with Gasteiger partial charge in [-0.05, 0) is 35.6 Å². The second-order valence-corrected chi connectivity index (χ2v) is 6.67. The summed E-state index contributed by atoms with van der Waals surface area (Å²) < 4.78 is 5.73. The van der Waals surface area contributed by atoms with Crippen molar-refractivity contribution in [1.82, 2.24) is 15.2 Å². The number of carbonyl (C=O) groups is 1. The monoisotopic (exact) mass is 337 g/mol. The molecule has 1 amide bonds. The van der Waals surface area contributed by atoms with Crippen LogP contribution in [0, 0.1) is 0 Å². The van der Waals surface area contributed by atoms with Crippen LogP contribution in [0.25, 0.3) is 0 Å². The zero-order valence-corrected chi connectivity index (χ0v) is 14.2. The van der Waals surface area contributed by atoms with Crippen molar-refractivity contribution in [2.45, 2.75) is 24.8 Å². The van der Waals surface area contributed by atoms with E-state index in [0.717, 1.165) is 42.9 Å². The van der Waals surface area contributed by atoms with Gasteiger partial charge in [0.05, 0.1) is 12.6 Å². The number of para-hydroxylation sites is 1. The van der Waals surface area contributed by atoms with E-state index in [1.165, 1.54) is 0 Å². The van der Waals surface area contributed by atoms with E-state index < -0.39 is 0 Å². The average Bonchev–Trinajstić information content (AvgIpc) is 2.69. The molecule has 1 saturated heterocycles. The Bertz CT molecular complexity index is 735. The maximum atomic E-state index is 13.1. The standard InChI is InChI=1S/C20H23N3O2/c24-20(12-15-7-11-25-19-6-2-1-5-17(15)19)23-10-9-22-14-18(23)16-4-3-8-21-13-16/h1-6,8,13,15,18,22H,7,9-12,14H2. The van der Waals surface area contributed by atoms with Crippen molar-refractivity contribution in [1.29, 1.82) is 0 Å². The lowest BCUT2D eigenvalue weighted by Gasteiger charge is -2.37. The van der Waals surface area contributed by atoms with Crippen LogP contribution in [0.5, 0.6) is 5.75 Å². The van der Waals surface area contributed by atoms with Crippen molar-refractivity contribution in [3.8, 4) is 5.75 Å². The van der Waals surface area contributed by atoms with Crippen molar-refractivity contribution in [2.75, 3.05) is 26.2 Å². The summed E-state index contributed by atoms with van der Waals surface area (Å²) in [5, 5.41) is 3.40. The summed E-state index contributed by atoms with van der Waals surface area (Å²) >= 11 is 0. The van der Waals surface area contributed by atoms with Gasteiger partial charge in [0.15, 0.2) is 0 Å². The molecule has 0 bridgehead atoms. The molecule has 1 aromatic carbocycles. The number of pyridine rings is 1. The van der Waals surface area contributed by atoms with Gasteiger partial charge in [0, 0.05) is 38.4 Å². The van der Waals surface area contributed by atoms with E-state index in [9.17, 15) is 4.79 Å². The fourth-order valence-corrected chi connectivity index (χ4v) is 3.83. The molecule has 2 aliphatic rings.